The Labute approximate surface area is 99.0 Å². The number of hydrogen-bond donors (Lipinski definition) is 1. The van der Waals surface area contributed by atoms with Gasteiger partial charge in [0.1, 0.15) is 0 Å². The second kappa shape index (κ2) is 6.86. The van der Waals surface area contributed by atoms with Gasteiger partial charge in [0.25, 0.3) is 0 Å². The van der Waals surface area contributed by atoms with Crippen LogP contribution in [-0.2, 0) is 4.79 Å². The van der Waals surface area contributed by atoms with E-state index >= 15 is 0 Å². The molecule has 0 aromatic heterocycles. The molecule has 4 nitrogen and oxygen atoms in total. The van der Waals surface area contributed by atoms with E-state index in [1.54, 1.807) is 0 Å². The zero-order chi connectivity index (χ0) is 12.0. The molecule has 0 bridgehead atoms. The highest BCUT2D eigenvalue weighted by Crippen LogP contribution is 2.08. The second-order valence-electron chi connectivity index (χ2n) is 4.33. The smallest absolute Gasteiger partial charge is 0.240 e. The molecule has 0 radical (unpaired) electrons. The van der Waals surface area contributed by atoms with Crippen LogP contribution in [0.1, 0.15) is 33.6 Å². The zero-order valence-corrected chi connectivity index (χ0v) is 10.8. The number of nitrogens with one attached hydrogen (secondary N) is 1. The lowest BCUT2D eigenvalue weighted by Crippen LogP contribution is -2.37. The summed E-state index contributed by atoms with van der Waals surface area (Å²) in [5.74, 6) is 0.286. The second-order valence-corrected chi connectivity index (χ2v) is 4.33. The summed E-state index contributed by atoms with van der Waals surface area (Å²) >= 11 is 0. The highest BCUT2D eigenvalue weighted by atomic mass is 16.2. The minimum atomic E-state index is 0.0710. The van der Waals surface area contributed by atoms with Crippen molar-refractivity contribution in [2.24, 2.45) is 0 Å². The lowest BCUT2D eigenvalue weighted by molar-refractivity contribution is -0.129. The van der Waals surface area contributed by atoms with Crippen molar-refractivity contribution in [2.75, 3.05) is 32.8 Å². The molecule has 1 atom stereocenters. The van der Waals surface area contributed by atoms with Gasteiger partial charge in [-0.1, -0.05) is 27.2 Å². The fourth-order valence-corrected chi connectivity index (χ4v) is 2.11. The van der Waals surface area contributed by atoms with E-state index in [1.807, 2.05) is 4.90 Å². The van der Waals surface area contributed by atoms with Crippen LogP contribution in [0.2, 0.25) is 0 Å². The average Bonchev–Trinajstić information content (AvgIpc) is 2.63. The Kier molecular flexibility index (Phi) is 5.77. The van der Waals surface area contributed by atoms with Gasteiger partial charge in [-0.05, 0) is 19.5 Å². The summed E-state index contributed by atoms with van der Waals surface area (Å²) in [6, 6.07) is 0.0710. The Bertz CT molecular complexity index is 216. The summed E-state index contributed by atoms with van der Waals surface area (Å²) in [5, 5.41) is 3.28. The van der Waals surface area contributed by atoms with Crippen LogP contribution in [-0.4, -0.2) is 54.6 Å². The van der Waals surface area contributed by atoms with Crippen LogP contribution in [0.3, 0.4) is 0 Å². The number of carbonyl (C=O) groups excluding carboxylic acids is 1. The molecule has 0 aliphatic carbocycles. The number of hydrogen-bond acceptors (Lipinski definition) is 3. The van der Waals surface area contributed by atoms with E-state index in [-0.39, 0.29) is 11.9 Å². The van der Waals surface area contributed by atoms with Crippen LogP contribution in [0.25, 0.3) is 0 Å². The van der Waals surface area contributed by atoms with E-state index in [2.05, 4.69) is 31.0 Å². The van der Waals surface area contributed by atoms with Gasteiger partial charge in [0.15, 0.2) is 0 Å². The monoisotopic (exact) mass is 227 g/mol. The molecule has 1 unspecified atom stereocenters. The molecule has 0 aromatic rings. The van der Waals surface area contributed by atoms with Crippen molar-refractivity contribution in [1.82, 2.24) is 15.1 Å². The number of carbonyl (C=O) groups is 1. The molecule has 1 rings (SSSR count). The molecule has 1 aliphatic rings. The summed E-state index contributed by atoms with van der Waals surface area (Å²) < 4.78 is 0. The maximum atomic E-state index is 11.9. The first-order valence-corrected chi connectivity index (χ1v) is 6.47. The van der Waals surface area contributed by atoms with Crippen molar-refractivity contribution in [2.45, 2.75) is 39.7 Å². The standard InChI is InChI=1S/C12H25N3O/c1-4-7-11-12(16)15(10-13-11)9-8-14(5-2)6-3/h11,13H,4-10H2,1-3H3. The molecule has 1 fully saturated rings. The molecular formula is C12H25N3O. The minimum absolute atomic E-state index is 0.0710. The lowest BCUT2D eigenvalue weighted by atomic mass is 10.2. The van der Waals surface area contributed by atoms with Crippen molar-refractivity contribution in [3.8, 4) is 0 Å². The summed E-state index contributed by atoms with van der Waals surface area (Å²) in [4.78, 5) is 16.2. The van der Waals surface area contributed by atoms with Gasteiger partial charge in [-0.25, -0.2) is 0 Å². The topological polar surface area (TPSA) is 35.6 Å². The molecule has 16 heavy (non-hydrogen) atoms. The Morgan fingerprint density at radius 2 is 2.06 bits per heavy atom. The van der Waals surface area contributed by atoms with Crippen molar-refractivity contribution in [3.05, 3.63) is 0 Å². The van der Waals surface area contributed by atoms with Gasteiger partial charge in [0.05, 0.1) is 12.7 Å². The predicted octanol–water partition coefficient (Wildman–Crippen LogP) is 0.886. The molecular weight excluding hydrogens is 202 g/mol. The van der Waals surface area contributed by atoms with Crippen molar-refractivity contribution in [3.63, 3.8) is 0 Å². The van der Waals surface area contributed by atoms with Gasteiger partial charge in [0, 0.05) is 13.1 Å². The highest BCUT2D eigenvalue weighted by Gasteiger charge is 2.29. The van der Waals surface area contributed by atoms with Crippen molar-refractivity contribution < 1.29 is 4.79 Å². The fourth-order valence-electron chi connectivity index (χ4n) is 2.11. The van der Waals surface area contributed by atoms with Gasteiger partial charge in [-0.2, -0.15) is 0 Å². The van der Waals surface area contributed by atoms with Gasteiger partial charge in [-0.3, -0.25) is 10.1 Å². The molecule has 1 amide bonds. The third-order valence-corrected chi connectivity index (χ3v) is 3.30. The first-order valence-electron chi connectivity index (χ1n) is 6.47. The molecule has 1 saturated heterocycles. The average molecular weight is 227 g/mol. The van der Waals surface area contributed by atoms with E-state index in [0.717, 1.165) is 45.7 Å². The number of amides is 1. The maximum Gasteiger partial charge on any atom is 0.240 e. The van der Waals surface area contributed by atoms with Crippen LogP contribution >= 0.6 is 0 Å². The Morgan fingerprint density at radius 1 is 1.38 bits per heavy atom. The molecule has 1 N–H and O–H groups in total. The first kappa shape index (κ1) is 13.5. The molecule has 4 heteroatoms. The molecule has 0 aromatic carbocycles. The Hall–Kier alpha value is -0.610. The van der Waals surface area contributed by atoms with E-state index in [1.165, 1.54) is 0 Å². The molecule has 1 heterocycles. The van der Waals surface area contributed by atoms with E-state index in [0.29, 0.717) is 0 Å². The fraction of sp³-hybridized carbons (Fsp3) is 0.917. The quantitative estimate of drug-likeness (QED) is 0.701. The predicted molar refractivity (Wildman–Crippen MR) is 66.2 cm³/mol. The highest BCUT2D eigenvalue weighted by molar-refractivity contribution is 5.83. The lowest BCUT2D eigenvalue weighted by Gasteiger charge is -2.22. The van der Waals surface area contributed by atoms with Gasteiger partial charge >= 0.3 is 0 Å². The Morgan fingerprint density at radius 3 is 2.62 bits per heavy atom. The minimum Gasteiger partial charge on any atom is -0.327 e. The van der Waals surface area contributed by atoms with Gasteiger partial charge in [-0.15, -0.1) is 0 Å². The largest absolute Gasteiger partial charge is 0.327 e. The first-order chi connectivity index (χ1) is 7.72. The van der Waals surface area contributed by atoms with Crippen LogP contribution < -0.4 is 5.32 Å². The zero-order valence-electron chi connectivity index (χ0n) is 10.8. The third-order valence-electron chi connectivity index (χ3n) is 3.30. The number of rotatable bonds is 7. The van der Waals surface area contributed by atoms with Crippen molar-refractivity contribution in [1.29, 1.82) is 0 Å². The number of nitrogens with zero attached hydrogens (tertiary/aromatic N) is 2. The van der Waals surface area contributed by atoms with E-state index in [9.17, 15) is 4.79 Å². The van der Waals surface area contributed by atoms with Crippen LogP contribution in [0.5, 0.6) is 0 Å². The third kappa shape index (κ3) is 3.46. The summed E-state index contributed by atoms with van der Waals surface area (Å²) in [7, 11) is 0. The van der Waals surface area contributed by atoms with Gasteiger partial charge in [0.2, 0.25) is 5.91 Å². The normalized spacial score (nSPS) is 21.1. The summed E-state index contributed by atoms with van der Waals surface area (Å²) in [5.41, 5.74) is 0. The molecule has 0 spiro atoms. The molecule has 94 valence electrons. The summed E-state index contributed by atoms with van der Waals surface area (Å²) in [6.07, 6.45) is 2.02. The van der Waals surface area contributed by atoms with Crippen LogP contribution in [0, 0.1) is 0 Å². The number of likely N-dealkylation sites (N-methyl/N-ethyl adjacent to an activating group) is 1. The van der Waals surface area contributed by atoms with Crippen molar-refractivity contribution >= 4 is 5.91 Å². The Balaban J connectivity index is 2.31. The summed E-state index contributed by atoms with van der Waals surface area (Å²) in [6.45, 7) is 11.1. The SMILES string of the molecule is CCCC1NCN(CCN(CC)CC)C1=O. The molecule has 1 aliphatic heterocycles. The molecule has 0 saturated carbocycles. The van der Waals surface area contributed by atoms with E-state index < -0.39 is 0 Å². The van der Waals surface area contributed by atoms with Gasteiger partial charge < -0.3 is 9.80 Å². The van der Waals surface area contributed by atoms with E-state index in [4.69, 9.17) is 0 Å². The van der Waals surface area contributed by atoms with Crippen LogP contribution in [0.15, 0.2) is 0 Å². The van der Waals surface area contributed by atoms with Crippen LogP contribution in [0.4, 0.5) is 0 Å². The maximum absolute atomic E-state index is 11.9.